The maximum atomic E-state index is 13.4. The predicted octanol–water partition coefficient (Wildman–Crippen LogP) is 5.77. The van der Waals surface area contributed by atoms with Crippen LogP contribution in [0.2, 0.25) is 0 Å². The maximum Gasteiger partial charge on any atom is 0.320 e. The van der Waals surface area contributed by atoms with Crippen LogP contribution < -0.4 is 0 Å². The molecule has 1 saturated heterocycles. The minimum Gasteiger partial charge on any atom is -0.465 e. The van der Waals surface area contributed by atoms with Gasteiger partial charge in [0.05, 0.1) is 6.61 Å². The molecular formula is C25H21BrO4. The van der Waals surface area contributed by atoms with Gasteiger partial charge in [-0.25, -0.2) is 0 Å². The maximum absolute atomic E-state index is 13.4. The van der Waals surface area contributed by atoms with Gasteiger partial charge in [-0.1, -0.05) is 70.5 Å². The van der Waals surface area contributed by atoms with Gasteiger partial charge in [0, 0.05) is 22.0 Å². The zero-order valence-corrected chi connectivity index (χ0v) is 18.0. The van der Waals surface area contributed by atoms with Crippen LogP contribution in [0.25, 0.3) is 10.8 Å². The number of cyclic esters (lactones) is 1. The lowest BCUT2D eigenvalue weighted by atomic mass is 9.71. The van der Waals surface area contributed by atoms with Crippen molar-refractivity contribution in [2.24, 2.45) is 5.41 Å². The molecule has 1 fully saturated rings. The van der Waals surface area contributed by atoms with Gasteiger partial charge in [-0.2, -0.15) is 0 Å². The van der Waals surface area contributed by atoms with Crippen molar-refractivity contribution in [2.45, 2.75) is 25.7 Å². The molecule has 1 heterocycles. The van der Waals surface area contributed by atoms with E-state index in [1.54, 1.807) is 30.3 Å². The minimum absolute atomic E-state index is 0.0758. The van der Waals surface area contributed by atoms with Gasteiger partial charge in [-0.05, 0) is 42.2 Å². The first-order valence-corrected chi connectivity index (χ1v) is 10.8. The van der Waals surface area contributed by atoms with Crippen molar-refractivity contribution in [2.75, 3.05) is 6.61 Å². The Hall–Kier alpha value is -2.79. The Balaban J connectivity index is 1.62. The highest BCUT2D eigenvalue weighted by Crippen LogP contribution is 2.39. The fourth-order valence-electron chi connectivity index (χ4n) is 4.13. The van der Waals surface area contributed by atoms with E-state index in [0.717, 1.165) is 15.2 Å². The van der Waals surface area contributed by atoms with Gasteiger partial charge in [0.15, 0.2) is 11.6 Å². The van der Waals surface area contributed by atoms with Crippen LogP contribution in [0.4, 0.5) is 0 Å². The lowest BCUT2D eigenvalue weighted by Gasteiger charge is -2.33. The molecule has 3 aromatic rings. The minimum atomic E-state index is -1.31. The number of carbonyl (C=O) groups excluding carboxylic acids is 3. The Kier molecular flexibility index (Phi) is 5.82. The van der Waals surface area contributed by atoms with Gasteiger partial charge in [0.25, 0.3) is 0 Å². The lowest BCUT2D eigenvalue weighted by Crippen LogP contribution is -2.44. The summed E-state index contributed by atoms with van der Waals surface area (Å²) in [4.78, 5) is 39.3. The Morgan fingerprint density at radius 2 is 1.70 bits per heavy atom. The Bertz CT molecular complexity index is 1110. The average Bonchev–Trinajstić information content (AvgIpc) is 2.78. The molecule has 4 rings (SSSR count). The summed E-state index contributed by atoms with van der Waals surface area (Å²) in [6, 6.07) is 20.3. The molecule has 1 atom stereocenters. The largest absolute Gasteiger partial charge is 0.465 e. The number of ether oxygens (including phenoxy) is 1. The SMILES string of the molecule is O=C(CC[C@]1(C(=O)c2ccc(Br)cc2)CCCOC1=O)c1cccc2ccccc12. The molecule has 152 valence electrons. The third-order valence-electron chi connectivity index (χ3n) is 5.78. The molecule has 0 unspecified atom stereocenters. The fourth-order valence-corrected chi connectivity index (χ4v) is 4.40. The van der Waals surface area contributed by atoms with E-state index in [9.17, 15) is 14.4 Å². The van der Waals surface area contributed by atoms with E-state index in [0.29, 0.717) is 30.6 Å². The van der Waals surface area contributed by atoms with Crippen LogP contribution in [-0.4, -0.2) is 24.1 Å². The number of halogens is 1. The van der Waals surface area contributed by atoms with Gasteiger partial charge in [0.2, 0.25) is 0 Å². The molecule has 0 saturated carbocycles. The van der Waals surface area contributed by atoms with E-state index < -0.39 is 11.4 Å². The van der Waals surface area contributed by atoms with Gasteiger partial charge in [0.1, 0.15) is 5.41 Å². The Morgan fingerprint density at radius 3 is 2.47 bits per heavy atom. The van der Waals surface area contributed by atoms with Crippen LogP contribution in [0, 0.1) is 5.41 Å². The molecule has 0 spiro atoms. The number of benzene rings is 3. The number of rotatable bonds is 6. The van der Waals surface area contributed by atoms with E-state index in [-0.39, 0.29) is 24.4 Å². The topological polar surface area (TPSA) is 60.4 Å². The number of hydrogen-bond donors (Lipinski definition) is 0. The van der Waals surface area contributed by atoms with Gasteiger partial charge in [-0.15, -0.1) is 0 Å². The predicted molar refractivity (Wildman–Crippen MR) is 119 cm³/mol. The molecule has 0 N–H and O–H groups in total. The monoisotopic (exact) mass is 464 g/mol. The van der Waals surface area contributed by atoms with Crippen LogP contribution in [0.1, 0.15) is 46.4 Å². The Labute approximate surface area is 183 Å². The van der Waals surface area contributed by atoms with Gasteiger partial charge >= 0.3 is 5.97 Å². The molecule has 4 nitrogen and oxygen atoms in total. The first-order chi connectivity index (χ1) is 14.5. The number of fused-ring (bicyclic) bond motifs is 1. The van der Waals surface area contributed by atoms with E-state index in [1.165, 1.54) is 0 Å². The van der Waals surface area contributed by atoms with Crippen molar-refractivity contribution >= 4 is 44.2 Å². The highest BCUT2D eigenvalue weighted by molar-refractivity contribution is 9.10. The van der Waals surface area contributed by atoms with Crippen molar-refractivity contribution in [3.63, 3.8) is 0 Å². The number of hydrogen-bond acceptors (Lipinski definition) is 4. The molecule has 30 heavy (non-hydrogen) atoms. The number of esters is 1. The van der Waals surface area contributed by atoms with Gasteiger partial charge in [-0.3, -0.25) is 14.4 Å². The van der Waals surface area contributed by atoms with Crippen molar-refractivity contribution in [1.82, 2.24) is 0 Å². The highest BCUT2D eigenvalue weighted by atomic mass is 79.9. The molecule has 0 radical (unpaired) electrons. The molecule has 1 aliphatic rings. The molecule has 0 aromatic heterocycles. The van der Waals surface area contributed by atoms with Crippen LogP contribution in [0.3, 0.4) is 0 Å². The summed E-state index contributed by atoms with van der Waals surface area (Å²) >= 11 is 3.36. The number of ketones is 2. The summed E-state index contributed by atoms with van der Waals surface area (Å²) < 4.78 is 6.14. The van der Waals surface area contributed by atoms with Crippen molar-refractivity contribution < 1.29 is 19.1 Å². The quantitative estimate of drug-likeness (QED) is 0.263. The second-order valence-corrected chi connectivity index (χ2v) is 8.52. The smallest absolute Gasteiger partial charge is 0.320 e. The second-order valence-electron chi connectivity index (χ2n) is 7.61. The second kappa shape index (κ2) is 8.52. The van der Waals surface area contributed by atoms with Gasteiger partial charge < -0.3 is 4.74 Å². The summed E-state index contributed by atoms with van der Waals surface area (Å²) in [5.41, 5.74) is -0.245. The van der Waals surface area contributed by atoms with Crippen molar-refractivity contribution in [3.8, 4) is 0 Å². The molecule has 3 aromatic carbocycles. The molecule has 0 amide bonds. The molecule has 0 bridgehead atoms. The van der Waals surface area contributed by atoms with Crippen LogP contribution in [0.15, 0.2) is 71.2 Å². The standard InChI is InChI=1S/C25H21BrO4/c26-19-11-9-18(10-12-19)23(28)25(14-4-16-30-24(25)29)15-13-22(27)21-8-3-6-17-5-1-2-7-20(17)21/h1-3,5-12H,4,13-16H2/t25-/m0/s1. The van der Waals surface area contributed by atoms with E-state index >= 15 is 0 Å². The summed E-state index contributed by atoms with van der Waals surface area (Å²) in [7, 11) is 0. The zero-order valence-electron chi connectivity index (χ0n) is 16.4. The average molecular weight is 465 g/mol. The normalized spacial score (nSPS) is 18.8. The number of Topliss-reactive ketones (excluding diaryl/α,β-unsaturated/α-hetero) is 2. The van der Waals surface area contributed by atoms with Crippen molar-refractivity contribution in [1.29, 1.82) is 0 Å². The zero-order chi connectivity index (χ0) is 21.1. The summed E-state index contributed by atoms with van der Waals surface area (Å²) in [5, 5.41) is 1.87. The van der Waals surface area contributed by atoms with E-state index in [4.69, 9.17) is 4.74 Å². The fraction of sp³-hybridized carbons (Fsp3) is 0.240. The molecule has 1 aliphatic heterocycles. The first kappa shape index (κ1) is 20.5. The molecular weight excluding hydrogens is 444 g/mol. The first-order valence-electron chi connectivity index (χ1n) is 10.00. The lowest BCUT2D eigenvalue weighted by molar-refractivity contribution is -0.158. The van der Waals surface area contributed by atoms with Crippen molar-refractivity contribution in [3.05, 3.63) is 82.3 Å². The third-order valence-corrected chi connectivity index (χ3v) is 6.31. The third kappa shape index (κ3) is 3.82. The van der Waals surface area contributed by atoms with Crippen LogP contribution >= 0.6 is 15.9 Å². The molecule has 5 heteroatoms. The van der Waals surface area contributed by atoms with E-state index in [1.807, 2.05) is 36.4 Å². The Morgan fingerprint density at radius 1 is 0.967 bits per heavy atom. The summed E-state index contributed by atoms with van der Waals surface area (Å²) in [6.45, 7) is 0.311. The number of carbonyl (C=O) groups is 3. The molecule has 0 aliphatic carbocycles. The van der Waals surface area contributed by atoms with Crippen LogP contribution in [-0.2, 0) is 9.53 Å². The van der Waals surface area contributed by atoms with E-state index in [2.05, 4.69) is 15.9 Å². The van der Waals surface area contributed by atoms with Crippen LogP contribution in [0.5, 0.6) is 0 Å². The summed E-state index contributed by atoms with van der Waals surface area (Å²) in [6.07, 6.45) is 1.24. The summed E-state index contributed by atoms with van der Waals surface area (Å²) in [5.74, 6) is -0.869. The highest BCUT2D eigenvalue weighted by Gasteiger charge is 2.48.